The molecule has 1 aliphatic heterocycles. The molecular weight excluding hydrogens is 266 g/mol. The van der Waals surface area contributed by atoms with Gasteiger partial charge in [-0.2, -0.15) is 5.10 Å². The van der Waals surface area contributed by atoms with Crippen LogP contribution in [0, 0.1) is 6.92 Å². The molecule has 5 heteroatoms. The third kappa shape index (κ3) is 2.61. The number of hydrogen-bond donors (Lipinski definition) is 1. The summed E-state index contributed by atoms with van der Waals surface area (Å²) in [5.74, 6) is 1.65. The van der Waals surface area contributed by atoms with E-state index < -0.39 is 0 Å². The number of aromatic nitrogens is 2. The minimum absolute atomic E-state index is 0.217. The standard InChI is InChI=1S/C16H21N3O2/c1-10(13-5-6-15-16(7-13)21-9-20-15)18-11(2)14-8-17-19(4)12(14)3/h5-8,10-11,18H,9H2,1-4H3. The van der Waals surface area contributed by atoms with Crippen molar-refractivity contribution in [3.05, 3.63) is 41.2 Å². The Morgan fingerprint density at radius 2 is 1.95 bits per heavy atom. The van der Waals surface area contributed by atoms with Crippen LogP contribution in [0.1, 0.15) is 42.8 Å². The molecule has 3 rings (SSSR count). The average molecular weight is 287 g/mol. The van der Waals surface area contributed by atoms with Gasteiger partial charge in [-0.15, -0.1) is 0 Å². The Kier molecular flexibility index (Phi) is 3.59. The maximum atomic E-state index is 5.44. The molecule has 1 aromatic carbocycles. The summed E-state index contributed by atoms with van der Waals surface area (Å²) in [5, 5.41) is 7.91. The van der Waals surface area contributed by atoms with Crippen LogP contribution in [-0.2, 0) is 7.05 Å². The molecule has 0 amide bonds. The Morgan fingerprint density at radius 3 is 2.67 bits per heavy atom. The van der Waals surface area contributed by atoms with E-state index in [1.54, 1.807) is 0 Å². The van der Waals surface area contributed by atoms with Crippen molar-refractivity contribution >= 4 is 0 Å². The molecule has 2 heterocycles. The third-order valence-corrected chi connectivity index (χ3v) is 4.14. The van der Waals surface area contributed by atoms with Gasteiger partial charge in [0.1, 0.15) is 0 Å². The van der Waals surface area contributed by atoms with Crippen LogP contribution in [0.25, 0.3) is 0 Å². The van der Waals surface area contributed by atoms with Crippen LogP contribution < -0.4 is 14.8 Å². The molecule has 2 aromatic rings. The largest absolute Gasteiger partial charge is 0.454 e. The first kappa shape index (κ1) is 13.9. The van der Waals surface area contributed by atoms with Crippen molar-refractivity contribution in [3.8, 4) is 11.5 Å². The highest BCUT2D eigenvalue weighted by Crippen LogP contribution is 2.34. The van der Waals surface area contributed by atoms with Gasteiger partial charge in [-0.05, 0) is 38.5 Å². The van der Waals surface area contributed by atoms with Crippen LogP contribution in [0.15, 0.2) is 24.4 Å². The van der Waals surface area contributed by atoms with Crippen LogP contribution in [0.5, 0.6) is 11.5 Å². The molecule has 1 N–H and O–H groups in total. The summed E-state index contributed by atoms with van der Waals surface area (Å²) in [6.45, 7) is 6.71. The molecule has 0 saturated carbocycles. The molecule has 0 saturated heterocycles. The lowest BCUT2D eigenvalue weighted by molar-refractivity contribution is 0.174. The summed E-state index contributed by atoms with van der Waals surface area (Å²) in [6.07, 6.45) is 1.93. The molecule has 0 fully saturated rings. The lowest BCUT2D eigenvalue weighted by Crippen LogP contribution is -2.22. The fourth-order valence-electron chi connectivity index (χ4n) is 2.68. The molecule has 1 aliphatic rings. The summed E-state index contributed by atoms with van der Waals surface area (Å²) >= 11 is 0. The first-order valence-electron chi connectivity index (χ1n) is 7.20. The Labute approximate surface area is 124 Å². The van der Waals surface area contributed by atoms with Gasteiger partial charge in [0.15, 0.2) is 11.5 Å². The first-order valence-corrected chi connectivity index (χ1v) is 7.20. The summed E-state index contributed by atoms with van der Waals surface area (Å²) < 4.78 is 12.7. The van der Waals surface area contributed by atoms with Gasteiger partial charge in [0.2, 0.25) is 6.79 Å². The molecule has 21 heavy (non-hydrogen) atoms. The minimum atomic E-state index is 0.217. The number of rotatable bonds is 4. The van der Waals surface area contributed by atoms with Crippen molar-refractivity contribution in [2.75, 3.05) is 6.79 Å². The lowest BCUT2D eigenvalue weighted by Gasteiger charge is -2.20. The Hall–Kier alpha value is -2.01. The van der Waals surface area contributed by atoms with Crippen LogP contribution >= 0.6 is 0 Å². The maximum Gasteiger partial charge on any atom is 0.231 e. The van der Waals surface area contributed by atoms with Crippen molar-refractivity contribution < 1.29 is 9.47 Å². The van der Waals surface area contributed by atoms with Crippen molar-refractivity contribution in [1.82, 2.24) is 15.1 Å². The van der Waals surface area contributed by atoms with Crippen LogP contribution in [0.2, 0.25) is 0 Å². The molecule has 5 nitrogen and oxygen atoms in total. The second-order valence-corrected chi connectivity index (χ2v) is 5.53. The fourth-order valence-corrected chi connectivity index (χ4v) is 2.68. The van der Waals surface area contributed by atoms with Crippen molar-refractivity contribution in [2.24, 2.45) is 7.05 Å². The highest BCUT2D eigenvalue weighted by molar-refractivity contribution is 5.45. The predicted molar refractivity (Wildman–Crippen MR) is 80.5 cm³/mol. The third-order valence-electron chi connectivity index (χ3n) is 4.14. The van der Waals surface area contributed by atoms with Crippen molar-refractivity contribution in [3.63, 3.8) is 0 Å². The number of ether oxygens (including phenoxy) is 2. The van der Waals surface area contributed by atoms with Gasteiger partial charge in [0, 0.05) is 30.4 Å². The van der Waals surface area contributed by atoms with E-state index >= 15 is 0 Å². The summed E-state index contributed by atoms with van der Waals surface area (Å²) in [5.41, 5.74) is 3.60. The predicted octanol–water partition coefficient (Wildman–Crippen LogP) is 2.87. The van der Waals surface area contributed by atoms with Gasteiger partial charge >= 0.3 is 0 Å². The van der Waals surface area contributed by atoms with Crippen LogP contribution in [-0.4, -0.2) is 16.6 Å². The summed E-state index contributed by atoms with van der Waals surface area (Å²) in [4.78, 5) is 0. The zero-order chi connectivity index (χ0) is 15.0. The molecule has 0 spiro atoms. The van der Waals surface area contributed by atoms with E-state index in [1.165, 1.54) is 16.8 Å². The smallest absolute Gasteiger partial charge is 0.231 e. The van der Waals surface area contributed by atoms with E-state index in [2.05, 4.69) is 37.3 Å². The van der Waals surface area contributed by atoms with E-state index in [0.717, 1.165) is 11.5 Å². The Bertz CT molecular complexity index is 651. The van der Waals surface area contributed by atoms with E-state index in [4.69, 9.17) is 9.47 Å². The van der Waals surface area contributed by atoms with Gasteiger partial charge in [-0.3, -0.25) is 4.68 Å². The zero-order valence-electron chi connectivity index (χ0n) is 12.9. The van der Waals surface area contributed by atoms with E-state index in [-0.39, 0.29) is 12.1 Å². The monoisotopic (exact) mass is 287 g/mol. The number of nitrogens with one attached hydrogen (secondary N) is 1. The molecule has 2 unspecified atom stereocenters. The fraction of sp³-hybridized carbons (Fsp3) is 0.438. The SMILES string of the molecule is Cc1c(C(C)NC(C)c2ccc3c(c2)OCO3)cnn1C. The highest BCUT2D eigenvalue weighted by Gasteiger charge is 2.18. The van der Waals surface area contributed by atoms with Gasteiger partial charge in [0.05, 0.1) is 6.20 Å². The molecule has 0 bridgehead atoms. The number of aryl methyl sites for hydroxylation is 1. The minimum Gasteiger partial charge on any atom is -0.454 e. The molecular formula is C16H21N3O2. The number of fused-ring (bicyclic) bond motifs is 1. The van der Waals surface area contributed by atoms with Gasteiger partial charge in [-0.1, -0.05) is 6.07 Å². The number of benzene rings is 1. The second-order valence-electron chi connectivity index (χ2n) is 5.53. The Balaban J connectivity index is 1.74. The van der Waals surface area contributed by atoms with Gasteiger partial charge < -0.3 is 14.8 Å². The van der Waals surface area contributed by atoms with Crippen LogP contribution in [0.4, 0.5) is 0 Å². The number of hydrogen-bond acceptors (Lipinski definition) is 4. The van der Waals surface area contributed by atoms with Gasteiger partial charge in [0.25, 0.3) is 0 Å². The average Bonchev–Trinajstić information content (AvgIpc) is 3.05. The van der Waals surface area contributed by atoms with E-state index in [9.17, 15) is 0 Å². The second kappa shape index (κ2) is 5.41. The molecule has 0 aliphatic carbocycles. The molecule has 2 atom stereocenters. The topological polar surface area (TPSA) is 48.3 Å². The molecule has 112 valence electrons. The quantitative estimate of drug-likeness (QED) is 0.939. The summed E-state index contributed by atoms with van der Waals surface area (Å²) in [7, 11) is 1.97. The maximum absolute atomic E-state index is 5.44. The highest BCUT2D eigenvalue weighted by atomic mass is 16.7. The van der Waals surface area contributed by atoms with Gasteiger partial charge in [-0.25, -0.2) is 0 Å². The van der Waals surface area contributed by atoms with Crippen molar-refractivity contribution in [1.29, 1.82) is 0 Å². The van der Waals surface area contributed by atoms with Crippen molar-refractivity contribution in [2.45, 2.75) is 32.9 Å². The zero-order valence-corrected chi connectivity index (χ0v) is 12.9. The number of nitrogens with zero attached hydrogens (tertiary/aromatic N) is 2. The first-order chi connectivity index (χ1) is 10.1. The Morgan fingerprint density at radius 1 is 1.19 bits per heavy atom. The molecule has 0 radical (unpaired) electrons. The normalized spacial score (nSPS) is 16.0. The lowest BCUT2D eigenvalue weighted by atomic mass is 10.0. The summed E-state index contributed by atoms with van der Waals surface area (Å²) in [6, 6.07) is 6.54. The van der Waals surface area contributed by atoms with Crippen LogP contribution in [0.3, 0.4) is 0 Å². The molecule has 1 aromatic heterocycles. The van der Waals surface area contributed by atoms with E-state index in [1.807, 2.05) is 30.1 Å². The van der Waals surface area contributed by atoms with E-state index in [0.29, 0.717) is 6.79 Å².